The van der Waals surface area contributed by atoms with Gasteiger partial charge in [-0.2, -0.15) is 0 Å². The molecule has 1 aromatic heterocycles. The van der Waals surface area contributed by atoms with Gasteiger partial charge < -0.3 is 11.1 Å². The number of rotatable bonds is 5. The maximum absolute atomic E-state index is 11.8. The molecule has 3 N–H and O–H groups in total. The Morgan fingerprint density at radius 2 is 2.44 bits per heavy atom. The SMILES string of the molecule is CC(CCCN)C(=O)Nc1ncccc1Br. The highest BCUT2D eigenvalue weighted by Gasteiger charge is 2.13. The van der Waals surface area contributed by atoms with Crippen LogP contribution >= 0.6 is 15.9 Å². The molecule has 5 heteroatoms. The van der Waals surface area contributed by atoms with E-state index in [2.05, 4.69) is 26.2 Å². The van der Waals surface area contributed by atoms with Gasteiger partial charge in [-0.05, 0) is 47.4 Å². The predicted octanol–water partition coefficient (Wildman–Crippen LogP) is 2.16. The molecule has 0 saturated heterocycles. The molecule has 88 valence electrons. The van der Waals surface area contributed by atoms with Gasteiger partial charge in [-0.1, -0.05) is 6.92 Å². The van der Waals surface area contributed by atoms with Crippen molar-refractivity contribution in [1.29, 1.82) is 0 Å². The molecule has 1 atom stereocenters. The van der Waals surface area contributed by atoms with Crippen molar-refractivity contribution in [2.45, 2.75) is 19.8 Å². The monoisotopic (exact) mass is 285 g/mol. The van der Waals surface area contributed by atoms with Crippen molar-refractivity contribution in [3.8, 4) is 0 Å². The van der Waals surface area contributed by atoms with E-state index in [-0.39, 0.29) is 11.8 Å². The molecule has 1 heterocycles. The van der Waals surface area contributed by atoms with Gasteiger partial charge in [-0.15, -0.1) is 0 Å². The molecule has 4 nitrogen and oxygen atoms in total. The van der Waals surface area contributed by atoms with Gasteiger partial charge >= 0.3 is 0 Å². The van der Waals surface area contributed by atoms with E-state index >= 15 is 0 Å². The molecule has 1 unspecified atom stereocenters. The first kappa shape index (κ1) is 13.1. The summed E-state index contributed by atoms with van der Waals surface area (Å²) in [6.07, 6.45) is 3.30. The summed E-state index contributed by atoms with van der Waals surface area (Å²) in [5, 5.41) is 2.78. The highest BCUT2D eigenvalue weighted by Crippen LogP contribution is 2.19. The number of carbonyl (C=O) groups excluding carboxylic acids is 1. The second kappa shape index (κ2) is 6.60. The molecular formula is C11H16BrN3O. The van der Waals surface area contributed by atoms with Crippen molar-refractivity contribution in [3.05, 3.63) is 22.8 Å². The van der Waals surface area contributed by atoms with Crippen LogP contribution in [0.3, 0.4) is 0 Å². The molecule has 0 saturated carbocycles. The molecule has 0 bridgehead atoms. The minimum Gasteiger partial charge on any atom is -0.330 e. The van der Waals surface area contributed by atoms with Crippen LogP contribution in [0.1, 0.15) is 19.8 Å². The normalized spacial score (nSPS) is 12.2. The highest BCUT2D eigenvalue weighted by molar-refractivity contribution is 9.10. The summed E-state index contributed by atoms with van der Waals surface area (Å²) >= 11 is 3.33. The van der Waals surface area contributed by atoms with Gasteiger partial charge in [-0.3, -0.25) is 4.79 Å². The van der Waals surface area contributed by atoms with E-state index < -0.39 is 0 Å². The lowest BCUT2D eigenvalue weighted by molar-refractivity contribution is -0.119. The molecule has 0 aliphatic heterocycles. The van der Waals surface area contributed by atoms with Crippen LogP contribution in [0.5, 0.6) is 0 Å². The van der Waals surface area contributed by atoms with Crippen molar-refractivity contribution >= 4 is 27.7 Å². The zero-order valence-electron chi connectivity index (χ0n) is 9.24. The van der Waals surface area contributed by atoms with Crippen LogP contribution in [-0.4, -0.2) is 17.4 Å². The van der Waals surface area contributed by atoms with E-state index in [4.69, 9.17) is 5.73 Å². The number of nitrogens with one attached hydrogen (secondary N) is 1. The number of aromatic nitrogens is 1. The summed E-state index contributed by atoms with van der Waals surface area (Å²) in [5.74, 6) is 0.498. The summed E-state index contributed by atoms with van der Waals surface area (Å²) < 4.78 is 0.786. The average molecular weight is 286 g/mol. The molecule has 0 aliphatic carbocycles. The van der Waals surface area contributed by atoms with Crippen LogP contribution in [0, 0.1) is 5.92 Å². The fourth-order valence-electron chi connectivity index (χ4n) is 1.27. The Bertz CT molecular complexity index is 357. The minimum atomic E-state index is -0.0440. The highest BCUT2D eigenvalue weighted by atomic mass is 79.9. The molecule has 1 rings (SSSR count). The molecule has 1 aromatic rings. The summed E-state index contributed by atoms with van der Waals surface area (Å²) in [4.78, 5) is 15.8. The third kappa shape index (κ3) is 3.90. The van der Waals surface area contributed by atoms with E-state index in [1.807, 2.05) is 13.0 Å². The molecule has 0 fully saturated rings. The molecular weight excluding hydrogens is 270 g/mol. The Morgan fingerprint density at radius 3 is 3.06 bits per heavy atom. The average Bonchev–Trinajstić information content (AvgIpc) is 2.28. The van der Waals surface area contributed by atoms with Crippen molar-refractivity contribution in [2.24, 2.45) is 11.7 Å². The second-order valence-corrected chi connectivity index (χ2v) is 4.51. The lowest BCUT2D eigenvalue weighted by atomic mass is 10.1. The zero-order chi connectivity index (χ0) is 12.0. The summed E-state index contributed by atoms with van der Waals surface area (Å²) in [5.41, 5.74) is 5.40. The summed E-state index contributed by atoms with van der Waals surface area (Å²) in [6, 6.07) is 3.64. The number of anilines is 1. The Hall–Kier alpha value is -0.940. The number of hydrogen-bond donors (Lipinski definition) is 2. The smallest absolute Gasteiger partial charge is 0.228 e. The van der Waals surface area contributed by atoms with Gasteiger partial charge in [0.1, 0.15) is 5.82 Å². The van der Waals surface area contributed by atoms with Crippen molar-refractivity contribution in [1.82, 2.24) is 4.98 Å². The molecule has 0 aliphatic rings. The Morgan fingerprint density at radius 1 is 1.69 bits per heavy atom. The number of carbonyl (C=O) groups is 1. The van der Waals surface area contributed by atoms with Crippen molar-refractivity contribution < 1.29 is 4.79 Å². The zero-order valence-corrected chi connectivity index (χ0v) is 10.8. The van der Waals surface area contributed by atoms with Crippen LogP contribution in [0.15, 0.2) is 22.8 Å². The Balaban J connectivity index is 2.54. The summed E-state index contributed by atoms with van der Waals surface area (Å²) in [7, 11) is 0. The molecule has 0 aromatic carbocycles. The van der Waals surface area contributed by atoms with Crippen molar-refractivity contribution in [2.75, 3.05) is 11.9 Å². The van der Waals surface area contributed by atoms with Crippen LogP contribution in [-0.2, 0) is 4.79 Å². The molecule has 0 radical (unpaired) electrons. The lowest BCUT2D eigenvalue weighted by Crippen LogP contribution is -2.21. The van der Waals surface area contributed by atoms with Gasteiger partial charge in [-0.25, -0.2) is 4.98 Å². The van der Waals surface area contributed by atoms with E-state index in [0.29, 0.717) is 12.4 Å². The topological polar surface area (TPSA) is 68.0 Å². The van der Waals surface area contributed by atoms with E-state index in [1.165, 1.54) is 0 Å². The van der Waals surface area contributed by atoms with Crippen LogP contribution in [0.2, 0.25) is 0 Å². The molecule has 0 spiro atoms. The van der Waals surface area contributed by atoms with Gasteiger partial charge in [0, 0.05) is 12.1 Å². The third-order valence-electron chi connectivity index (χ3n) is 2.29. The van der Waals surface area contributed by atoms with E-state index in [1.54, 1.807) is 12.3 Å². The maximum atomic E-state index is 11.8. The largest absolute Gasteiger partial charge is 0.330 e. The number of nitrogens with two attached hydrogens (primary N) is 1. The second-order valence-electron chi connectivity index (χ2n) is 3.66. The third-order valence-corrected chi connectivity index (χ3v) is 2.93. The number of halogens is 1. The van der Waals surface area contributed by atoms with Crippen LogP contribution < -0.4 is 11.1 Å². The van der Waals surface area contributed by atoms with Gasteiger partial charge in [0.05, 0.1) is 4.47 Å². The van der Waals surface area contributed by atoms with Crippen LogP contribution in [0.4, 0.5) is 5.82 Å². The first-order chi connectivity index (χ1) is 7.65. The molecule has 16 heavy (non-hydrogen) atoms. The first-order valence-corrected chi connectivity index (χ1v) is 6.06. The van der Waals surface area contributed by atoms with E-state index in [0.717, 1.165) is 17.3 Å². The number of pyridine rings is 1. The van der Waals surface area contributed by atoms with Gasteiger partial charge in [0.15, 0.2) is 0 Å². The number of amides is 1. The Kier molecular flexibility index (Phi) is 5.42. The Labute approximate surface area is 104 Å². The maximum Gasteiger partial charge on any atom is 0.228 e. The molecule has 1 amide bonds. The predicted molar refractivity (Wildman–Crippen MR) is 68.0 cm³/mol. The van der Waals surface area contributed by atoms with Crippen LogP contribution in [0.25, 0.3) is 0 Å². The first-order valence-electron chi connectivity index (χ1n) is 5.26. The number of nitrogens with zero attached hydrogens (tertiary/aromatic N) is 1. The van der Waals surface area contributed by atoms with Gasteiger partial charge in [0.2, 0.25) is 5.91 Å². The van der Waals surface area contributed by atoms with Gasteiger partial charge in [0.25, 0.3) is 0 Å². The standard InChI is InChI=1S/C11H16BrN3O/c1-8(4-2-6-13)11(16)15-10-9(12)5-3-7-14-10/h3,5,7-8H,2,4,6,13H2,1H3,(H,14,15,16). The van der Waals surface area contributed by atoms with Crippen molar-refractivity contribution in [3.63, 3.8) is 0 Å². The fourth-order valence-corrected chi connectivity index (χ4v) is 1.63. The number of hydrogen-bond acceptors (Lipinski definition) is 3. The fraction of sp³-hybridized carbons (Fsp3) is 0.455. The quantitative estimate of drug-likeness (QED) is 0.871. The summed E-state index contributed by atoms with van der Waals surface area (Å²) in [6.45, 7) is 2.51. The minimum absolute atomic E-state index is 0.0205. The van der Waals surface area contributed by atoms with E-state index in [9.17, 15) is 4.79 Å². The lowest BCUT2D eigenvalue weighted by Gasteiger charge is -2.11.